The predicted octanol–water partition coefficient (Wildman–Crippen LogP) is 4.57. The van der Waals surface area contributed by atoms with Gasteiger partial charge in [0.2, 0.25) is 5.91 Å². The molecular weight excluding hydrogens is 462 g/mol. The largest absolute Gasteiger partial charge is 0.457 e. The van der Waals surface area contributed by atoms with Crippen LogP contribution in [0, 0.1) is 6.92 Å². The fourth-order valence-corrected chi connectivity index (χ4v) is 4.43. The lowest BCUT2D eigenvalue weighted by Crippen LogP contribution is -2.23. The second-order valence-electron chi connectivity index (χ2n) is 7.83. The first-order valence-corrected chi connectivity index (χ1v) is 12.0. The maximum atomic E-state index is 13.0. The van der Waals surface area contributed by atoms with Crippen LogP contribution in [0.1, 0.15) is 21.6 Å². The minimum absolute atomic E-state index is 0.0299. The summed E-state index contributed by atoms with van der Waals surface area (Å²) in [4.78, 5) is 39.0. The Labute approximate surface area is 207 Å². The van der Waals surface area contributed by atoms with E-state index in [-0.39, 0.29) is 29.5 Å². The molecule has 8 heteroatoms. The van der Waals surface area contributed by atoms with Crippen molar-refractivity contribution in [1.29, 1.82) is 0 Å². The minimum Gasteiger partial charge on any atom is -0.457 e. The molecule has 0 aliphatic heterocycles. The number of ether oxygens (including phenoxy) is 1. The first-order valence-electron chi connectivity index (χ1n) is 11.0. The van der Waals surface area contributed by atoms with Gasteiger partial charge >= 0.3 is 5.97 Å². The fourth-order valence-electron chi connectivity index (χ4n) is 3.59. The van der Waals surface area contributed by atoms with E-state index in [9.17, 15) is 14.4 Å². The van der Waals surface area contributed by atoms with Crippen molar-refractivity contribution in [3.05, 3.63) is 112 Å². The van der Waals surface area contributed by atoms with Crippen molar-refractivity contribution in [3.8, 4) is 5.69 Å². The molecule has 0 spiro atoms. The van der Waals surface area contributed by atoms with Crippen LogP contribution in [0.4, 0.5) is 5.69 Å². The molecule has 1 heterocycles. The first-order chi connectivity index (χ1) is 17.0. The van der Waals surface area contributed by atoms with Gasteiger partial charge in [0.05, 0.1) is 22.7 Å². The second kappa shape index (κ2) is 10.9. The molecule has 35 heavy (non-hydrogen) atoms. The minimum atomic E-state index is -0.456. The van der Waals surface area contributed by atoms with E-state index in [1.54, 1.807) is 42.9 Å². The van der Waals surface area contributed by atoms with Crippen molar-refractivity contribution in [1.82, 2.24) is 9.36 Å². The van der Waals surface area contributed by atoms with Crippen LogP contribution in [0.2, 0.25) is 0 Å². The molecule has 0 radical (unpaired) electrons. The van der Waals surface area contributed by atoms with Crippen LogP contribution in [-0.4, -0.2) is 27.0 Å². The zero-order valence-electron chi connectivity index (χ0n) is 19.4. The molecule has 3 aromatic carbocycles. The number of esters is 1. The van der Waals surface area contributed by atoms with Gasteiger partial charge in [0.25, 0.3) is 5.56 Å². The summed E-state index contributed by atoms with van der Waals surface area (Å²) in [5, 5.41) is 2.74. The maximum absolute atomic E-state index is 13.0. The first kappa shape index (κ1) is 24.1. The molecule has 1 amide bonds. The Kier molecular flexibility index (Phi) is 7.52. The molecule has 0 unspecified atom stereocenters. The SMILES string of the molecule is Cc1c(NC(=O)CSc2ccccc2C(=O)OCc2ccccc2)c(=O)n(-c2ccccc2)n1C. The Bertz CT molecular complexity index is 1400. The third-order valence-electron chi connectivity index (χ3n) is 5.50. The number of nitrogens with one attached hydrogen (secondary N) is 1. The van der Waals surface area contributed by atoms with E-state index in [1.807, 2.05) is 60.7 Å². The molecule has 0 atom stereocenters. The number of hydrogen-bond acceptors (Lipinski definition) is 5. The van der Waals surface area contributed by atoms with Gasteiger partial charge in [-0.2, -0.15) is 0 Å². The number of carbonyl (C=O) groups is 2. The summed E-state index contributed by atoms with van der Waals surface area (Å²) in [5.41, 5.74) is 2.56. The Morgan fingerprint density at radius 1 is 0.914 bits per heavy atom. The van der Waals surface area contributed by atoms with Crippen molar-refractivity contribution in [2.45, 2.75) is 18.4 Å². The molecular formula is C27H25N3O4S. The zero-order valence-corrected chi connectivity index (χ0v) is 20.2. The average Bonchev–Trinajstić information content (AvgIpc) is 3.10. The quantitative estimate of drug-likeness (QED) is 0.291. The van der Waals surface area contributed by atoms with Crippen molar-refractivity contribution in [2.75, 3.05) is 11.1 Å². The van der Waals surface area contributed by atoms with Crippen LogP contribution in [0.5, 0.6) is 0 Å². The van der Waals surface area contributed by atoms with Crippen LogP contribution in [0.3, 0.4) is 0 Å². The van der Waals surface area contributed by atoms with Gasteiger partial charge in [-0.1, -0.05) is 60.7 Å². The van der Waals surface area contributed by atoms with Crippen molar-refractivity contribution in [3.63, 3.8) is 0 Å². The fraction of sp³-hybridized carbons (Fsp3) is 0.148. The summed E-state index contributed by atoms with van der Waals surface area (Å²) >= 11 is 1.21. The van der Waals surface area contributed by atoms with E-state index < -0.39 is 5.97 Å². The van der Waals surface area contributed by atoms with E-state index in [0.717, 1.165) is 5.56 Å². The van der Waals surface area contributed by atoms with Crippen LogP contribution < -0.4 is 10.9 Å². The van der Waals surface area contributed by atoms with Crippen LogP contribution >= 0.6 is 11.8 Å². The highest BCUT2D eigenvalue weighted by Gasteiger charge is 2.19. The molecule has 178 valence electrons. The summed E-state index contributed by atoms with van der Waals surface area (Å²) in [7, 11) is 1.77. The Hall–Kier alpha value is -4.04. The lowest BCUT2D eigenvalue weighted by atomic mass is 10.2. The number of para-hydroxylation sites is 1. The average molecular weight is 488 g/mol. The Morgan fingerprint density at radius 3 is 2.26 bits per heavy atom. The van der Waals surface area contributed by atoms with Crippen LogP contribution in [0.15, 0.2) is 94.6 Å². The number of rotatable bonds is 8. The number of aromatic nitrogens is 2. The summed E-state index contributed by atoms with van der Waals surface area (Å²) < 4.78 is 8.66. The Balaban J connectivity index is 1.43. The molecule has 4 rings (SSSR count). The van der Waals surface area contributed by atoms with Gasteiger partial charge in [-0.15, -0.1) is 11.8 Å². The van der Waals surface area contributed by atoms with Crippen LogP contribution in [0.25, 0.3) is 5.69 Å². The molecule has 0 saturated carbocycles. The Morgan fingerprint density at radius 2 is 1.54 bits per heavy atom. The molecule has 0 aliphatic rings. The third-order valence-corrected chi connectivity index (χ3v) is 6.57. The summed E-state index contributed by atoms with van der Waals surface area (Å²) in [6, 6.07) is 25.7. The monoisotopic (exact) mass is 487 g/mol. The van der Waals surface area contributed by atoms with E-state index in [1.165, 1.54) is 16.4 Å². The summed E-state index contributed by atoms with van der Waals surface area (Å²) in [5.74, 6) is -0.766. The zero-order chi connectivity index (χ0) is 24.8. The van der Waals surface area contributed by atoms with Gasteiger partial charge in [0, 0.05) is 11.9 Å². The smallest absolute Gasteiger partial charge is 0.339 e. The van der Waals surface area contributed by atoms with Crippen molar-refractivity contribution < 1.29 is 14.3 Å². The number of hydrogen-bond donors (Lipinski definition) is 1. The highest BCUT2D eigenvalue weighted by atomic mass is 32.2. The lowest BCUT2D eigenvalue weighted by molar-refractivity contribution is -0.113. The molecule has 1 aromatic heterocycles. The van der Waals surface area contributed by atoms with Gasteiger partial charge in [-0.05, 0) is 36.8 Å². The van der Waals surface area contributed by atoms with E-state index in [2.05, 4.69) is 5.32 Å². The number of nitrogens with zero attached hydrogens (tertiary/aromatic N) is 2. The normalized spacial score (nSPS) is 10.7. The van der Waals surface area contributed by atoms with Gasteiger partial charge in [-0.3, -0.25) is 14.3 Å². The number of carbonyl (C=O) groups excluding carboxylic acids is 2. The van der Waals surface area contributed by atoms with E-state index in [0.29, 0.717) is 21.8 Å². The molecule has 4 aromatic rings. The van der Waals surface area contributed by atoms with Gasteiger partial charge in [-0.25, -0.2) is 9.48 Å². The molecule has 0 fully saturated rings. The maximum Gasteiger partial charge on any atom is 0.339 e. The molecule has 0 bridgehead atoms. The van der Waals surface area contributed by atoms with Crippen LogP contribution in [-0.2, 0) is 23.2 Å². The second-order valence-corrected chi connectivity index (χ2v) is 8.85. The van der Waals surface area contributed by atoms with E-state index in [4.69, 9.17) is 4.74 Å². The van der Waals surface area contributed by atoms with Crippen molar-refractivity contribution in [2.24, 2.45) is 7.05 Å². The number of amides is 1. The molecule has 0 aliphatic carbocycles. The molecule has 0 saturated heterocycles. The van der Waals surface area contributed by atoms with Gasteiger partial charge in [0.15, 0.2) is 0 Å². The molecule has 1 N–H and O–H groups in total. The number of anilines is 1. The summed E-state index contributed by atoms with van der Waals surface area (Å²) in [6.07, 6.45) is 0. The topological polar surface area (TPSA) is 82.3 Å². The highest BCUT2D eigenvalue weighted by molar-refractivity contribution is 8.00. The van der Waals surface area contributed by atoms with Crippen molar-refractivity contribution >= 4 is 29.3 Å². The van der Waals surface area contributed by atoms with E-state index >= 15 is 0 Å². The predicted molar refractivity (Wildman–Crippen MR) is 137 cm³/mol. The number of benzene rings is 3. The van der Waals surface area contributed by atoms with Gasteiger partial charge in [0.1, 0.15) is 12.3 Å². The standard InChI is InChI=1S/C27H25N3O4S/c1-19-25(26(32)30(29(19)2)21-13-7-4-8-14-21)28-24(31)18-35-23-16-10-9-15-22(23)27(33)34-17-20-11-5-3-6-12-20/h3-16H,17-18H2,1-2H3,(H,28,31). The molecule has 7 nitrogen and oxygen atoms in total. The third kappa shape index (κ3) is 5.55. The number of thioether (sulfide) groups is 1. The highest BCUT2D eigenvalue weighted by Crippen LogP contribution is 2.24. The van der Waals surface area contributed by atoms with Gasteiger partial charge < -0.3 is 10.1 Å². The lowest BCUT2D eigenvalue weighted by Gasteiger charge is -2.10. The summed E-state index contributed by atoms with van der Waals surface area (Å²) in [6.45, 7) is 1.95.